The zero-order chi connectivity index (χ0) is 14.6. The second kappa shape index (κ2) is 6.43. The van der Waals surface area contributed by atoms with Crippen LogP contribution in [0.4, 0.5) is 0 Å². The molecule has 5 nitrogen and oxygen atoms in total. The van der Waals surface area contributed by atoms with E-state index in [0.717, 1.165) is 10.6 Å². The molecule has 0 radical (unpaired) electrons. The molecule has 2 aromatic heterocycles. The lowest BCUT2D eigenvalue weighted by atomic mass is 10.1. The van der Waals surface area contributed by atoms with Gasteiger partial charge >= 0.3 is 0 Å². The van der Waals surface area contributed by atoms with E-state index in [9.17, 15) is 9.90 Å². The summed E-state index contributed by atoms with van der Waals surface area (Å²) in [6, 6.07) is 1.80. The lowest BCUT2D eigenvalue weighted by Gasteiger charge is -2.22. The molecule has 20 heavy (non-hydrogen) atoms. The molecule has 0 spiro atoms. The number of aliphatic hydroxyl groups is 1. The lowest BCUT2D eigenvalue weighted by molar-refractivity contribution is 0.0723. The third-order valence-electron chi connectivity index (χ3n) is 2.59. The fourth-order valence-corrected chi connectivity index (χ4v) is 3.13. The number of furan rings is 1. The van der Waals surface area contributed by atoms with Crippen molar-refractivity contribution in [3.63, 3.8) is 0 Å². The predicted molar refractivity (Wildman–Crippen MR) is 81.2 cm³/mol. The minimum Gasteiger partial charge on any atom is -0.472 e. The van der Waals surface area contributed by atoms with Crippen LogP contribution >= 0.6 is 23.1 Å². The summed E-state index contributed by atoms with van der Waals surface area (Å²) in [5.41, 5.74) is 0.285. The number of hydrogen-bond donors (Lipinski definition) is 2. The average Bonchev–Trinajstić information content (AvgIpc) is 3.06. The van der Waals surface area contributed by atoms with Crippen LogP contribution in [0.1, 0.15) is 17.4 Å². The van der Waals surface area contributed by atoms with Gasteiger partial charge in [-0.05, 0) is 19.2 Å². The molecule has 0 aliphatic heterocycles. The summed E-state index contributed by atoms with van der Waals surface area (Å²) >= 11 is 2.91. The summed E-state index contributed by atoms with van der Waals surface area (Å²) in [4.78, 5) is 16.2. The first kappa shape index (κ1) is 15.1. The van der Waals surface area contributed by atoms with Crippen LogP contribution in [0.3, 0.4) is 0 Å². The number of aromatic nitrogens is 1. The molecule has 1 amide bonds. The lowest BCUT2D eigenvalue weighted by Crippen LogP contribution is -2.42. The van der Waals surface area contributed by atoms with Crippen LogP contribution in [0, 0.1) is 0 Å². The second-order valence-electron chi connectivity index (χ2n) is 4.66. The summed E-state index contributed by atoms with van der Waals surface area (Å²) in [5, 5.41) is 15.1. The average molecular weight is 312 g/mol. The Balaban J connectivity index is 1.97. The topological polar surface area (TPSA) is 75.4 Å². The van der Waals surface area contributed by atoms with Crippen molar-refractivity contribution in [3.8, 4) is 10.6 Å². The van der Waals surface area contributed by atoms with Crippen molar-refractivity contribution >= 4 is 29.0 Å². The van der Waals surface area contributed by atoms with Crippen molar-refractivity contribution in [1.29, 1.82) is 0 Å². The highest BCUT2D eigenvalue weighted by molar-refractivity contribution is 7.98. The predicted octanol–water partition coefficient (Wildman–Crippen LogP) is 2.25. The Morgan fingerprint density at radius 1 is 1.65 bits per heavy atom. The van der Waals surface area contributed by atoms with Gasteiger partial charge in [-0.3, -0.25) is 4.79 Å². The molecule has 2 rings (SSSR count). The highest BCUT2D eigenvalue weighted by Gasteiger charge is 2.21. The van der Waals surface area contributed by atoms with Crippen molar-refractivity contribution in [2.75, 3.05) is 18.6 Å². The minimum absolute atomic E-state index is 0.200. The van der Waals surface area contributed by atoms with E-state index in [1.165, 1.54) is 23.1 Å². The summed E-state index contributed by atoms with van der Waals surface area (Å²) in [6.07, 6.45) is 5.06. The molecule has 0 bridgehead atoms. The number of nitrogens with zero attached hydrogens (tertiary/aromatic N) is 1. The summed E-state index contributed by atoms with van der Waals surface area (Å²) in [7, 11) is 0. The number of carbonyl (C=O) groups excluding carboxylic acids is 1. The molecule has 7 heteroatoms. The van der Waals surface area contributed by atoms with E-state index >= 15 is 0 Å². The monoisotopic (exact) mass is 312 g/mol. The van der Waals surface area contributed by atoms with Crippen LogP contribution in [0.2, 0.25) is 0 Å². The number of rotatable bonds is 6. The van der Waals surface area contributed by atoms with Gasteiger partial charge in [0.15, 0.2) is 0 Å². The smallest absolute Gasteiger partial charge is 0.270 e. The van der Waals surface area contributed by atoms with Crippen LogP contribution in [0.25, 0.3) is 10.6 Å². The highest BCUT2D eigenvalue weighted by Crippen LogP contribution is 2.23. The van der Waals surface area contributed by atoms with Gasteiger partial charge < -0.3 is 14.8 Å². The third kappa shape index (κ3) is 3.84. The molecule has 0 aliphatic carbocycles. The molecule has 0 saturated carbocycles. The fourth-order valence-electron chi connectivity index (χ4n) is 1.62. The van der Waals surface area contributed by atoms with Crippen molar-refractivity contribution in [1.82, 2.24) is 10.3 Å². The Hall–Kier alpha value is -1.31. The number of thiazole rings is 1. The van der Waals surface area contributed by atoms with Gasteiger partial charge in [-0.25, -0.2) is 4.98 Å². The van der Waals surface area contributed by atoms with E-state index in [1.54, 1.807) is 30.9 Å². The van der Waals surface area contributed by atoms with Crippen LogP contribution in [-0.4, -0.2) is 40.2 Å². The number of amides is 1. The fraction of sp³-hybridized carbons (Fsp3) is 0.385. The maximum atomic E-state index is 12.0. The maximum absolute atomic E-state index is 12.0. The molecular formula is C13H16N2O3S2. The number of nitrogens with one attached hydrogen (secondary N) is 1. The normalized spacial score (nSPS) is 13.9. The summed E-state index contributed by atoms with van der Waals surface area (Å²) in [6.45, 7) is 1.90. The van der Waals surface area contributed by atoms with Crippen LogP contribution in [0.5, 0.6) is 0 Å². The quantitative estimate of drug-likeness (QED) is 0.855. The van der Waals surface area contributed by atoms with Crippen LogP contribution < -0.4 is 5.32 Å². The first-order valence-electron chi connectivity index (χ1n) is 5.99. The van der Waals surface area contributed by atoms with Gasteiger partial charge in [0.25, 0.3) is 5.91 Å². The Bertz CT molecular complexity index is 564. The third-order valence-corrected chi connectivity index (χ3v) is 4.39. The Kier molecular flexibility index (Phi) is 4.85. The first-order valence-corrected chi connectivity index (χ1v) is 8.27. The van der Waals surface area contributed by atoms with E-state index in [0.29, 0.717) is 11.4 Å². The number of thioether (sulfide) groups is 1. The molecule has 0 saturated heterocycles. The van der Waals surface area contributed by atoms with Crippen molar-refractivity contribution in [3.05, 3.63) is 29.7 Å². The molecular weight excluding hydrogens is 296 g/mol. The molecule has 2 heterocycles. The second-order valence-corrected chi connectivity index (χ2v) is 6.39. The van der Waals surface area contributed by atoms with Gasteiger partial charge in [0.05, 0.1) is 11.9 Å². The van der Waals surface area contributed by atoms with Gasteiger partial charge in [-0.15, -0.1) is 11.3 Å². The van der Waals surface area contributed by atoms with Crippen molar-refractivity contribution in [2.45, 2.75) is 12.5 Å². The van der Waals surface area contributed by atoms with Gasteiger partial charge in [-0.2, -0.15) is 11.8 Å². The van der Waals surface area contributed by atoms with E-state index in [1.807, 2.05) is 6.26 Å². The molecule has 0 fully saturated rings. The highest BCUT2D eigenvalue weighted by atomic mass is 32.2. The number of carbonyl (C=O) groups is 1. The Morgan fingerprint density at radius 2 is 2.45 bits per heavy atom. The van der Waals surface area contributed by atoms with E-state index in [2.05, 4.69) is 10.3 Å². The minimum atomic E-state index is -0.918. The van der Waals surface area contributed by atoms with Crippen LogP contribution in [-0.2, 0) is 0 Å². The summed E-state index contributed by atoms with van der Waals surface area (Å²) < 4.78 is 4.99. The van der Waals surface area contributed by atoms with E-state index in [4.69, 9.17) is 4.42 Å². The number of hydrogen-bond acceptors (Lipinski definition) is 6. The van der Waals surface area contributed by atoms with Crippen LogP contribution in [0.15, 0.2) is 28.4 Å². The first-order chi connectivity index (χ1) is 9.52. The van der Waals surface area contributed by atoms with E-state index in [-0.39, 0.29) is 12.5 Å². The SMILES string of the molecule is CSCC(C)(O)CNC(=O)c1csc(-c2ccoc2)n1. The largest absolute Gasteiger partial charge is 0.472 e. The molecule has 2 N–H and O–H groups in total. The Labute approximate surface area is 125 Å². The van der Waals surface area contributed by atoms with E-state index < -0.39 is 5.60 Å². The van der Waals surface area contributed by atoms with Gasteiger partial charge in [0.1, 0.15) is 17.0 Å². The molecule has 2 aromatic rings. The molecule has 1 atom stereocenters. The standard InChI is InChI=1S/C13H16N2O3S2/c1-13(17,8-19-2)7-14-11(16)10-6-20-12(15-10)9-3-4-18-5-9/h3-6,17H,7-8H2,1-2H3,(H,14,16). The van der Waals surface area contributed by atoms with Crippen molar-refractivity contribution < 1.29 is 14.3 Å². The van der Waals surface area contributed by atoms with Gasteiger partial charge in [0.2, 0.25) is 0 Å². The molecule has 0 aromatic carbocycles. The molecule has 1 unspecified atom stereocenters. The summed E-state index contributed by atoms with van der Waals surface area (Å²) in [5.74, 6) is 0.280. The zero-order valence-corrected chi connectivity index (χ0v) is 12.9. The maximum Gasteiger partial charge on any atom is 0.270 e. The molecule has 0 aliphatic rings. The zero-order valence-electron chi connectivity index (χ0n) is 11.3. The Morgan fingerprint density at radius 3 is 3.10 bits per heavy atom. The van der Waals surface area contributed by atoms with Gasteiger partial charge in [0, 0.05) is 23.2 Å². The van der Waals surface area contributed by atoms with Gasteiger partial charge in [-0.1, -0.05) is 0 Å². The molecule has 108 valence electrons. The van der Waals surface area contributed by atoms with Crippen molar-refractivity contribution in [2.24, 2.45) is 0 Å².